The summed E-state index contributed by atoms with van der Waals surface area (Å²) in [6.07, 6.45) is 1.58. The molecule has 0 saturated heterocycles. The Morgan fingerprint density at radius 3 is 2.42 bits per heavy atom. The molecule has 2 aromatic carbocycles. The zero-order valence-electron chi connectivity index (χ0n) is 10.7. The first-order valence-corrected chi connectivity index (χ1v) is 7.92. The number of rotatable bonds is 4. The first kappa shape index (κ1) is 14.8. The standard InChI is InChI=1S/C16H16Br2O/c1-2-4-11-5-3-6-12(9-11)16(19)13-7-8-14(17)15(18)10-13/h3,5-10,16,19H,2,4H2,1H3. The van der Waals surface area contributed by atoms with Gasteiger partial charge in [-0.1, -0.05) is 43.7 Å². The van der Waals surface area contributed by atoms with Gasteiger partial charge in [0.2, 0.25) is 0 Å². The van der Waals surface area contributed by atoms with E-state index in [-0.39, 0.29) is 0 Å². The predicted octanol–water partition coefficient (Wildman–Crippen LogP) is 5.25. The number of aliphatic hydroxyl groups excluding tert-OH is 1. The molecule has 0 heterocycles. The van der Waals surface area contributed by atoms with Gasteiger partial charge in [-0.05, 0) is 67.1 Å². The maximum atomic E-state index is 10.5. The van der Waals surface area contributed by atoms with Crippen molar-refractivity contribution in [3.8, 4) is 0 Å². The van der Waals surface area contributed by atoms with Crippen molar-refractivity contribution >= 4 is 31.9 Å². The fourth-order valence-corrected chi connectivity index (χ4v) is 2.73. The van der Waals surface area contributed by atoms with Crippen LogP contribution in [0.1, 0.15) is 36.1 Å². The lowest BCUT2D eigenvalue weighted by Gasteiger charge is -2.13. The van der Waals surface area contributed by atoms with Crippen molar-refractivity contribution < 1.29 is 5.11 Å². The van der Waals surface area contributed by atoms with Crippen LogP contribution in [0.3, 0.4) is 0 Å². The van der Waals surface area contributed by atoms with Crippen LogP contribution in [0.15, 0.2) is 51.4 Å². The summed E-state index contributed by atoms with van der Waals surface area (Å²) in [5.74, 6) is 0. The fourth-order valence-electron chi connectivity index (χ4n) is 2.08. The van der Waals surface area contributed by atoms with Crippen LogP contribution in [-0.2, 0) is 6.42 Å². The normalized spacial score (nSPS) is 12.4. The molecule has 2 rings (SSSR count). The Morgan fingerprint density at radius 2 is 1.74 bits per heavy atom. The molecule has 0 amide bonds. The molecule has 1 N–H and O–H groups in total. The lowest BCUT2D eigenvalue weighted by atomic mass is 9.98. The van der Waals surface area contributed by atoms with E-state index >= 15 is 0 Å². The molecule has 100 valence electrons. The molecule has 0 aliphatic heterocycles. The molecule has 0 fully saturated rings. The van der Waals surface area contributed by atoms with Gasteiger partial charge in [-0.2, -0.15) is 0 Å². The highest BCUT2D eigenvalue weighted by atomic mass is 79.9. The van der Waals surface area contributed by atoms with Crippen molar-refractivity contribution in [1.82, 2.24) is 0 Å². The van der Waals surface area contributed by atoms with Crippen LogP contribution in [0.4, 0.5) is 0 Å². The van der Waals surface area contributed by atoms with Crippen LogP contribution in [0.25, 0.3) is 0 Å². The number of aliphatic hydroxyl groups is 1. The smallest absolute Gasteiger partial charge is 0.104 e. The summed E-state index contributed by atoms with van der Waals surface area (Å²) in [6.45, 7) is 2.16. The monoisotopic (exact) mass is 382 g/mol. The van der Waals surface area contributed by atoms with Gasteiger partial charge in [0.1, 0.15) is 6.10 Å². The number of benzene rings is 2. The van der Waals surface area contributed by atoms with E-state index in [0.29, 0.717) is 0 Å². The molecule has 2 aromatic rings. The largest absolute Gasteiger partial charge is 0.384 e. The highest BCUT2D eigenvalue weighted by Gasteiger charge is 2.12. The van der Waals surface area contributed by atoms with E-state index in [1.165, 1.54) is 5.56 Å². The van der Waals surface area contributed by atoms with Gasteiger partial charge in [0.15, 0.2) is 0 Å². The lowest BCUT2D eigenvalue weighted by molar-refractivity contribution is 0.220. The molecule has 1 atom stereocenters. The maximum absolute atomic E-state index is 10.5. The van der Waals surface area contributed by atoms with Gasteiger partial charge in [-0.25, -0.2) is 0 Å². The number of hydrogen-bond acceptors (Lipinski definition) is 1. The Hall–Kier alpha value is -0.640. The quantitative estimate of drug-likeness (QED) is 0.764. The molecule has 19 heavy (non-hydrogen) atoms. The molecule has 0 bridgehead atoms. The van der Waals surface area contributed by atoms with Gasteiger partial charge < -0.3 is 5.11 Å². The Balaban J connectivity index is 2.29. The molecular formula is C16H16Br2O. The summed E-state index contributed by atoms with van der Waals surface area (Å²) in [6, 6.07) is 14.0. The summed E-state index contributed by atoms with van der Waals surface area (Å²) in [7, 11) is 0. The molecule has 0 aliphatic rings. The van der Waals surface area contributed by atoms with Gasteiger partial charge >= 0.3 is 0 Å². The second-order valence-electron chi connectivity index (χ2n) is 4.57. The van der Waals surface area contributed by atoms with Gasteiger partial charge in [0.05, 0.1) is 0 Å². The zero-order chi connectivity index (χ0) is 13.8. The second-order valence-corrected chi connectivity index (χ2v) is 6.28. The van der Waals surface area contributed by atoms with Crippen molar-refractivity contribution in [3.63, 3.8) is 0 Å². The predicted molar refractivity (Wildman–Crippen MR) is 86.3 cm³/mol. The van der Waals surface area contributed by atoms with E-state index < -0.39 is 6.10 Å². The zero-order valence-corrected chi connectivity index (χ0v) is 13.9. The van der Waals surface area contributed by atoms with E-state index in [2.05, 4.69) is 50.9 Å². The van der Waals surface area contributed by atoms with E-state index in [1.54, 1.807) is 0 Å². The van der Waals surface area contributed by atoms with Crippen LogP contribution in [0, 0.1) is 0 Å². The van der Waals surface area contributed by atoms with E-state index in [0.717, 1.165) is 32.9 Å². The number of aryl methyl sites for hydroxylation is 1. The van der Waals surface area contributed by atoms with Crippen molar-refractivity contribution in [2.24, 2.45) is 0 Å². The van der Waals surface area contributed by atoms with E-state index in [9.17, 15) is 5.11 Å². The summed E-state index contributed by atoms with van der Waals surface area (Å²) in [4.78, 5) is 0. The molecule has 0 saturated carbocycles. The number of halogens is 2. The van der Waals surface area contributed by atoms with Crippen LogP contribution in [-0.4, -0.2) is 5.11 Å². The minimum Gasteiger partial charge on any atom is -0.384 e. The first-order chi connectivity index (χ1) is 9.11. The first-order valence-electron chi connectivity index (χ1n) is 6.33. The van der Waals surface area contributed by atoms with Gasteiger partial charge in [0, 0.05) is 8.95 Å². The third kappa shape index (κ3) is 3.68. The molecule has 1 nitrogen and oxygen atoms in total. The van der Waals surface area contributed by atoms with Gasteiger partial charge in [-0.15, -0.1) is 0 Å². The number of hydrogen-bond donors (Lipinski definition) is 1. The molecular weight excluding hydrogens is 368 g/mol. The SMILES string of the molecule is CCCc1cccc(C(O)c2ccc(Br)c(Br)c2)c1. The molecule has 0 aliphatic carbocycles. The van der Waals surface area contributed by atoms with Crippen LogP contribution >= 0.6 is 31.9 Å². The van der Waals surface area contributed by atoms with Crippen LogP contribution < -0.4 is 0 Å². The molecule has 0 radical (unpaired) electrons. The minimum absolute atomic E-state index is 0.582. The summed E-state index contributed by atoms with van der Waals surface area (Å²) < 4.78 is 1.94. The Bertz CT molecular complexity index is 566. The highest BCUT2D eigenvalue weighted by molar-refractivity contribution is 9.13. The van der Waals surface area contributed by atoms with E-state index in [4.69, 9.17) is 0 Å². The Labute approximate surface area is 130 Å². The highest BCUT2D eigenvalue weighted by Crippen LogP contribution is 2.29. The third-order valence-electron chi connectivity index (χ3n) is 3.06. The summed E-state index contributed by atoms with van der Waals surface area (Å²) >= 11 is 6.91. The molecule has 3 heteroatoms. The summed E-state index contributed by atoms with van der Waals surface area (Å²) in [5.41, 5.74) is 3.11. The molecule has 0 aromatic heterocycles. The van der Waals surface area contributed by atoms with Crippen molar-refractivity contribution in [3.05, 3.63) is 68.1 Å². The fraction of sp³-hybridized carbons (Fsp3) is 0.250. The third-order valence-corrected chi connectivity index (χ3v) is 4.94. The van der Waals surface area contributed by atoms with Crippen LogP contribution in [0.2, 0.25) is 0 Å². The topological polar surface area (TPSA) is 20.2 Å². The minimum atomic E-state index is -0.582. The van der Waals surface area contributed by atoms with Gasteiger partial charge in [-0.3, -0.25) is 0 Å². The van der Waals surface area contributed by atoms with Crippen molar-refractivity contribution in [1.29, 1.82) is 0 Å². The molecule has 1 unspecified atom stereocenters. The van der Waals surface area contributed by atoms with E-state index in [1.807, 2.05) is 30.3 Å². The van der Waals surface area contributed by atoms with Gasteiger partial charge in [0.25, 0.3) is 0 Å². The van der Waals surface area contributed by atoms with Crippen LogP contribution in [0.5, 0.6) is 0 Å². The summed E-state index contributed by atoms with van der Waals surface area (Å²) in [5, 5.41) is 10.5. The maximum Gasteiger partial charge on any atom is 0.104 e. The Kier molecular flexibility index (Phi) is 5.20. The molecule has 0 spiro atoms. The van der Waals surface area contributed by atoms with Crippen molar-refractivity contribution in [2.75, 3.05) is 0 Å². The average molecular weight is 384 g/mol. The second kappa shape index (κ2) is 6.69. The average Bonchev–Trinajstić information content (AvgIpc) is 2.42. The van der Waals surface area contributed by atoms with Crippen molar-refractivity contribution in [2.45, 2.75) is 25.9 Å². The Morgan fingerprint density at radius 1 is 1.00 bits per heavy atom. The lowest BCUT2D eigenvalue weighted by Crippen LogP contribution is -2.00.